The summed E-state index contributed by atoms with van der Waals surface area (Å²) in [6, 6.07) is 6.31. The quantitative estimate of drug-likeness (QED) is 0.472. The summed E-state index contributed by atoms with van der Waals surface area (Å²) in [5.74, 6) is 1.46. The van der Waals surface area contributed by atoms with Crippen molar-refractivity contribution in [2.24, 2.45) is 22.4 Å². The summed E-state index contributed by atoms with van der Waals surface area (Å²) < 4.78 is 46.6. The average Bonchev–Trinajstić information content (AvgIpc) is 3.23. The van der Waals surface area contributed by atoms with E-state index in [4.69, 9.17) is 24.1 Å². The van der Waals surface area contributed by atoms with Crippen molar-refractivity contribution in [3.63, 3.8) is 0 Å². The largest absolute Gasteiger partial charge is 0.504 e. The van der Waals surface area contributed by atoms with Crippen LogP contribution >= 0.6 is 0 Å². The SMILES string of the molecule is CCOc1cc2c(cc1O)CC[C@@H]1[C@@H]2CC[C@]2(C)[C@@H](OC(=O)c3cc(S(N)(=O)=O)cc(OC)c3OC)CC[C@@H]12. The highest BCUT2D eigenvalue weighted by Gasteiger charge is 2.56. The molecule has 2 saturated carbocycles. The Morgan fingerprint density at radius 3 is 2.51 bits per heavy atom. The first-order valence-corrected chi connectivity index (χ1v) is 15.0. The second-order valence-corrected chi connectivity index (χ2v) is 12.7. The second kappa shape index (κ2) is 10.2. The molecule has 0 heterocycles. The van der Waals surface area contributed by atoms with E-state index in [2.05, 4.69) is 6.92 Å². The fourth-order valence-corrected chi connectivity index (χ4v) is 8.01. The molecule has 10 heteroatoms. The molecule has 212 valence electrons. The summed E-state index contributed by atoms with van der Waals surface area (Å²) in [5.41, 5.74) is 2.23. The maximum absolute atomic E-state index is 13.5. The number of phenols is 1. The van der Waals surface area contributed by atoms with Gasteiger partial charge in [-0.05, 0) is 92.5 Å². The molecule has 3 aliphatic rings. The van der Waals surface area contributed by atoms with Crippen molar-refractivity contribution < 1.29 is 37.3 Å². The van der Waals surface area contributed by atoms with Gasteiger partial charge in [0, 0.05) is 11.5 Å². The Morgan fingerprint density at radius 2 is 1.85 bits per heavy atom. The molecule has 5 atom stereocenters. The summed E-state index contributed by atoms with van der Waals surface area (Å²) in [6.07, 6.45) is 5.12. The van der Waals surface area contributed by atoms with E-state index in [9.17, 15) is 18.3 Å². The Hall–Kier alpha value is -2.98. The number of benzene rings is 2. The molecule has 2 aromatic rings. The van der Waals surface area contributed by atoms with Gasteiger partial charge in [0.15, 0.2) is 23.0 Å². The maximum atomic E-state index is 13.5. The minimum absolute atomic E-state index is 0.0311. The Labute approximate surface area is 229 Å². The number of aryl methyl sites for hydroxylation is 1. The van der Waals surface area contributed by atoms with Gasteiger partial charge in [-0.1, -0.05) is 6.92 Å². The van der Waals surface area contributed by atoms with Crippen molar-refractivity contribution in [3.05, 3.63) is 41.0 Å². The molecule has 39 heavy (non-hydrogen) atoms. The minimum atomic E-state index is -4.09. The van der Waals surface area contributed by atoms with Gasteiger partial charge in [0.1, 0.15) is 11.7 Å². The number of nitrogens with two attached hydrogens (primary N) is 1. The molecular formula is C29H37NO8S. The van der Waals surface area contributed by atoms with Crippen LogP contribution in [-0.2, 0) is 21.2 Å². The molecule has 0 aliphatic heterocycles. The third-order valence-electron chi connectivity index (χ3n) is 9.27. The van der Waals surface area contributed by atoms with Crippen LogP contribution in [0.1, 0.15) is 73.4 Å². The fraction of sp³-hybridized carbons (Fsp3) is 0.552. The first-order chi connectivity index (χ1) is 18.5. The predicted octanol–water partition coefficient (Wildman–Crippen LogP) is 4.54. The van der Waals surface area contributed by atoms with Crippen molar-refractivity contribution in [1.82, 2.24) is 0 Å². The topological polar surface area (TPSA) is 134 Å². The number of esters is 1. The highest BCUT2D eigenvalue weighted by molar-refractivity contribution is 7.89. The molecule has 0 unspecified atom stereocenters. The number of hydrogen-bond donors (Lipinski definition) is 2. The number of ether oxygens (including phenoxy) is 4. The van der Waals surface area contributed by atoms with Crippen LogP contribution in [-0.4, -0.2) is 46.4 Å². The van der Waals surface area contributed by atoms with Crippen LogP contribution in [0, 0.1) is 17.3 Å². The van der Waals surface area contributed by atoms with Gasteiger partial charge < -0.3 is 24.1 Å². The van der Waals surface area contributed by atoms with Gasteiger partial charge >= 0.3 is 5.97 Å². The third-order valence-corrected chi connectivity index (χ3v) is 10.2. The van der Waals surface area contributed by atoms with Crippen LogP contribution in [0.25, 0.3) is 0 Å². The first kappa shape index (κ1) is 27.6. The van der Waals surface area contributed by atoms with E-state index in [0.29, 0.717) is 30.1 Å². The number of sulfonamides is 1. The normalized spacial score (nSPS) is 27.6. The lowest BCUT2D eigenvalue weighted by molar-refractivity contribution is -0.0429. The van der Waals surface area contributed by atoms with Crippen LogP contribution in [0.2, 0.25) is 0 Å². The zero-order valence-corrected chi connectivity index (χ0v) is 23.7. The van der Waals surface area contributed by atoms with E-state index in [0.717, 1.165) is 38.5 Å². The zero-order chi connectivity index (χ0) is 28.1. The monoisotopic (exact) mass is 559 g/mol. The predicted molar refractivity (Wildman–Crippen MR) is 144 cm³/mol. The van der Waals surface area contributed by atoms with Crippen molar-refractivity contribution in [1.29, 1.82) is 0 Å². The van der Waals surface area contributed by atoms with Gasteiger partial charge in [-0.15, -0.1) is 0 Å². The molecule has 2 fully saturated rings. The van der Waals surface area contributed by atoms with E-state index in [1.807, 2.05) is 19.1 Å². The summed E-state index contributed by atoms with van der Waals surface area (Å²) in [5, 5.41) is 15.7. The fourth-order valence-electron chi connectivity index (χ4n) is 7.45. The number of primary sulfonamides is 1. The number of rotatable bonds is 7. The maximum Gasteiger partial charge on any atom is 0.342 e. The number of hydrogen-bond acceptors (Lipinski definition) is 8. The van der Waals surface area contributed by atoms with Gasteiger partial charge in [0.25, 0.3) is 0 Å². The number of methoxy groups -OCH3 is 2. The molecule has 0 aromatic heterocycles. The van der Waals surface area contributed by atoms with E-state index in [-0.39, 0.29) is 39.2 Å². The number of carbonyl (C=O) groups is 1. The summed E-state index contributed by atoms with van der Waals surface area (Å²) in [4.78, 5) is 13.2. The van der Waals surface area contributed by atoms with E-state index in [1.165, 1.54) is 37.5 Å². The van der Waals surface area contributed by atoms with Crippen molar-refractivity contribution >= 4 is 16.0 Å². The molecule has 3 N–H and O–H groups in total. The van der Waals surface area contributed by atoms with E-state index >= 15 is 0 Å². The number of fused-ring (bicyclic) bond motifs is 5. The van der Waals surface area contributed by atoms with Crippen molar-refractivity contribution in [2.45, 2.75) is 69.3 Å². The Balaban J connectivity index is 1.41. The standard InChI is InChI=1S/C29H37NO8S/c1-5-37-24-15-20-16(12-23(24)31)6-7-19-18(20)10-11-29(2)22(19)8-9-26(29)38-28(32)21-13-17(39(30,33)34)14-25(35-3)27(21)36-4/h12-15,18-19,22,26,31H,5-11H2,1-4H3,(H2,30,33,34)/t18-,19+,22-,26-,29-/m0/s1. The van der Waals surface area contributed by atoms with Crippen LogP contribution < -0.4 is 19.3 Å². The highest BCUT2D eigenvalue weighted by atomic mass is 32.2. The first-order valence-electron chi connectivity index (χ1n) is 13.5. The van der Waals surface area contributed by atoms with Crippen LogP contribution in [0.4, 0.5) is 0 Å². The summed E-state index contributed by atoms with van der Waals surface area (Å²) in [7, 11) is -1.34. The van der Waals surface area contributed by atoms with Crippen LogP contribution in [0.3, 0.4) is 0 Å². The molecule has 9 nitrogen and oxygen atoms in total. The van der Waals surface area contributed by atoms with E-state index in [1.54, 1.807) is 0 Å². The smallest absolute Gasteiger partial charge is 0.342 e. The molecule has 0 spiro atoms. The average molecular weight is 560 g/mol. The highest BCUT2D eigenvalue weighted by Crippen LogP contribution is 2.62. The van der Waals surface area contributed by atoms with Gasteiger partial charge in [-0.3, -0.25) is 0 Å². The molecule has 0 saturated heterocycles. The molecular weight excluding hydrogens is 522 g/mol. The molecule has 0 amide bonds. The lowest BCUT2D eigenvalue weighted by Crippen LogP contribution is -2.45. The van der Waals surface area contributed by atoms with Gasteiger partial charge in [0.05, 0.1) is 25.7 Å². The molecule has 2 aromatic carbocycles. The van der Waals surface area contributed by atoms with E-state index < -0.39 is 16.0 Å². The Kier molecular flexibility index (Phi) is 7.22. The minimum Gasteiger partial charge on any atom is -0.504 e. The summed E-state index contributed by atoms with van der Waals surface area (Å²) >= 11 is 0. The molecule has 3 aliphatic carbocycles. The number of carbonyl (C=O) groups excluding carboxylic acids is 1. The lowest BCUT2D eigenvalue weighted by Gasteiger charge is -2.50. The summed E-state index contributed by atoms with van der Waals surface area (Å²) in [6.45, 7) is 4.62. The molecule has 0 radical (unpaired) electrons. The van der Waals surface area contributed by atoms with Crippen LogP contribution in [0.5, 0.6) is 23.0 Å². The lowest BCUT2D eigenvalue weighted by atomic mass is 9.55. The molecule has 0 bridgehead atoms. The van der Waals surface area contributed by atoms with Crippen molar-refractivity contribution in [3.8, 4) is 23.0 Å². The van der Waals surface area contributed by atoms with Gasteiger partial charge in [-0.2, -0.15) is 0 Å². The zero-order valence-electron chi connectivity index (χ0n) is 22.9. The van der Waals surface area contributed by atoms with Gasteiger partial charge in [0.2, 0.25) is 10.0 Å². The Bertz CT molecular complexity index is 1390. The van der Waals surface area contributed by atoms with Crippen LogP contribution in [0.15, 0.2) is 29.2 Å². The Morgan fingerprint density at radius 1 is 1.08 bits per heavy atom. The molecule has 5 rings (SSSR count). The van der Waals surface area contributed by atoms with Gasteiger partial charge in [-0.25, -0.2) is 18.4 Å². The number of phenolic OH excluding ortho intramolecular Hbond substituents is 1. The third kappa shape index (κ3) is 4.71. The van der Waals surface area contributed by atoms with Crippen molar-refractivity contribution in [2.75, 3.05) is 20.8 Å². The number of aromatic hydroxyl groups is 1. The second-order valence-electron chi connectivity index (χ2n) is 11.1.